The van der Waals surface area contributed by atoms with E-state index in [2.05, 4.69) is 6.58 Å². The van der Waals surface area contributed by atoms with Gasteiger partial charge in [-0.15, -0.1) is 0 Å². The first-order chi connectivity index (χ1) is 19.8. The fourth-order valence-electron chi connectivity index (χ4n) is 2.76. The van der Waals surface area contributed by atoms with Crippen LogP contribution < -0.4 is 4.74 Å². The van der Waals surface area contributed by atoms with E-state index in [1.807, 2.05) is 0 Å². The summed E-state index contributed by atoms with van der Waals surface area (Å²) in [5.74, 6) is 0.239. The van der Waals surface area contributed by atoms with E-state index in [0.717, 1.165) is 12.4 Å². The summed E-state index contributed by atoms with van der Waals surface area (Å²) < 4.78 is 53.5. The molecule has 12 nitrogen and oxygen atoms in total. The van der Waals surface area contributed by atoms with E-state index in [4.69, 9.17) is 47.4 Å². The largest absolute Gasteiger partial charge is 0.491 e. The molecule has 0 radical (unpaired) electrons. The number of carbonyl (C=O) groups excluding carboxylic acids is 2. The minimum absolute atomic E-state index is 0.196. The number of esters is 1. The number of ether oxygens (including phenoxy) is 10. The highest BCUT2D eigenvalue weighted by molar-refractivity contribution is 5.81. The van der Waals surface area contributed by atoms with Crippen LogP contribution >= 0.6 is 0 Å². The second-order valence-corrected chi connectivity index (χ2v) is 7.81. The maximum Gasteiger partial charge on any atom is 0.330 e. The van der Waals surface area contributed by atoms with Crippen molar-refractivity contribution in [2.24, 2.45) is 0 Å². The van der Waals surface area contributed by atoms with Gasteiger partial charge in [-0.05, 0) is 24.3 Å². The summed E-state index contributed by atoms with van der Waals surface area (Å²) in [6.07, 6.45) is 1.91. The second kappa shape index (κ2) is 28.1. The van der Waals surface area contributed by atoms with Crippen LogP contribution in [-0.2, 0) is 47.4 Å². The van der Waals surface area contributed by atoms with Gasteiger partial charge in [0.1, 0.15) is 25.2 Å². The molecule has 0 amide bonds. The zero-order valence-electron chi connectivity index (χ0n) is 23.3. The van der Waals surface area contributed by atoms with Crippen molar-refractivity contribution in [2.75, 3.05) is 119 Å². The highest BCUT2D eigenvalue weighted by atomic mass is 16.6. The van der Waals surface area contributed by atoms with Crippen molar-refractivity contribution < 1.29 is 57.0 Å². The Hall–Kier alpha value is -2.42. The Morgan fingerprint density at radius 3 is 1.18 bits per heavy atom. The minimum atomic E-state index is -0.461. The first-order valence-electron chi connectivity index (χ1n) is 13.4. The summed E-state index contributed by atoms with van der Waals surface area (Å²) in [4.78, 5) is 21.4. The summed E-state index contributed by atoms with van der Waals surface area (Å²) in [6, 6.07) is 6.91. The van der Waals surface area contributed by atoms with E-state index in [9.17, 15) is 9.59 Å². The molecule has 0 saturated heterocycles. The van der Waals surface area contributed by atoms with Gasteiger partial charge >= 0.3 is 5.97 Å². The number of hydrogen-bond donors (Lipinski definition) is 0. The quantitative estimate of drug-likeness (QED) is 0.0577. The lowest BCUT2D eigenvalue weighted by Crippen LogP contribution is -2.15. The molecule has 228 valence electrons. The maximum atomic E-state index is 10.8. The smallest absolute Gasteiger partial charge is 0.330 e. The van der Waals surface area contributed by atoms with Gasteiger partial charge in [0.2, 0.25) is 0 Å². The number of rotatable bonds is 30. The molecule has 0 saturated carbocycles. The SMILES string of the molecule is C=CC(=O)OCCOCCOCCOCCOCCOCCOCCOCCOCCOc1ccc(C=O)cc1. The predicted molar refractivity (Wildman–Crippen MR) is 145 cm³/mol. The molecule has 1 aromatic rings. The van der Waals surface area contributed by atoms with Gasteiger partial charge in [-0.1, -0.05) is 6.58 Å². The molecule has 0 bridgehead atoms. The zero-order valence-corrected chi connectivity index (χ0v) is 23.3. The van der Waals surface area contributed by atoms with Crippen LogP contribution in [0.5, 0.6) is 5.75 Å². The van der Waals surface area contributed by atoms with Crippen LogP contribution in [-0.4, -0.2) is 131 Å². The third-order valence-corrected chi connectivity index (χ3v) is 4.76. The summed E-state index contributed by atoms with van der Waals surface area (Å²) in [5.41, 5.74) is 0.615. The molecule has 40 heavy (non-hydrogen) atoms. The van der Waals surface area contributed by atoms with Crippen molar-refractivity contribution in [3.05, 3.63) is 42.5 Å². The molecule has 12 heteroatoms. The van der Waals surface area contributed by atoms with E-state index >= 15 is 0 Å². The predicted octanol–water partition coefficient (Wildman–Crippen LogP) is 1.74. The third kappa shape index (κ3) is 23.5. The standard InChI is InChI=1S/C28H44O12/c1-2-28(30)40-24-22-38-20-18-36-16-14-34-12-10-32-8-7-31-9-11-33-13-15-35-17-19-37-21-23-39-27-5-3-26(25-29)4-6-27/h2-6,25H,1,7-24H2. The van der Waals surface area contributed by atoms with Crippen LogP contribution in [0.4, 0.5) is 0 Å². The lowest BCUT2D eigenvalue weighted by atomic mass is 10.2. The monoisotopic (exact) mass is 572 g/mol. The van der Waals surface area contributed by atoms with Crippen LogP contribution in [0.3, 0.4) is 0 Å². The molecule has 1 rings (SSSR count). The van der Waals surface area contributed by atoms with E-state index in [1.54, 1.807) is 24.3 Å². The number of aldehydes is 1. The van der Waals surface area contributed by atoms with Gasteiger partial charge < -0.3 is 47.4 Å². The Morgan fingerprint density at radius 2 is 0.850 bits per heavy atom. The van der Waals surface area contributed by atoms with Gasteiger partial charge in [0.15, 0.2) is 0 Å². The van der Waals surface area contributed by atoms with E-state index in [1.165, 1.54) is 0 Å². The van der Waals surface area contributed by atoms with Gasteiger partial charge in [-0.25, -0.2) is 4.79 Å². The molecule has 0 spiro atoms. The molecule has 0 heterocycles. The molecule has 0 atom stereocenters. The van der Waals surface area contributed by atoms with Gasteiger partial charge in [0.25, 0.3) is 0 Å². The van der Waals surface area contributed by atoms with Gasteiger partial charge in [-0.2, -0.15) is 0 Å². The second-order valence-electron chi connectivity index (χ2n) is 7.81. The van der Waals surface area contributed by atoms with E-state index in [-0.39, 0.29) is 6.61 Å². The van der Waals surface area contributed by atoms with Crippen molar-refractivity contribution in [3.8, 4) is 5.75 Å². The number of carbonyl (C=O) groups is 2. The van der Waals surface area contributed by atoms with Gasteiger partial charge in [0, 0.05) is 11.6 Å². The molecule has 0 unspecified atom stereocenters. The van der Waals surface area contributed by atoms with Crippen LogP contribution in [0.25, 0.3) is 0 Å². The molecule has 0 N–H and O–H groups in total. The van der Waals surface area contributed by atoms with Gasteiger partial charge in [0.05, 0.1) is 106 Å². The Bertz CT molecular complexity index is 729. The van der Waals surface area contributed by atoms with Crippen molar-refractivity contribution >= 4 is 12.3 Å². The molecular weight excluding hydrogens is 528 g/mol. The van der Waals surface area contributed by atoms with Crippen molar-refractivity contribution in [1.29, 1.82) is 0 Å². The van der Waals surface area contributed by atoms with Gasteiger partial charge in [-0.3, -0.25) is 4.79 Å². The fraction of sp³-hybridized carbons (Fsp3) is 0.643. The average molecular weight is 573 g/mol. The fourth-order valence-corrected chi connectivity index (χ4v) is 2.76. The molecule has 0 aliphatic rings. The summed E-state index contributed by atoms with van der Waals surface area (Å²) in [5, 5.41) is 0. The highest BCUT2D eigenvalue weighted by Crippen LogP contribution is 2.10. The minimum Gasteiger partial charge on any atom is -0.491 e. The Morgan fingerprint density at radius 1 is 0.525 bits per heavy atom. The average Bonchev–Trinajstić information content (AvgIpc) is 2.98. The topological polar surface area (TPSA) is 126 Å². The summed E-state index contributed by atoms with van der Waals surface area (Å²) in [7, 11) is 0. The normalized spacial score (nSPS) is 10.9. The van der Waals surface area contributed by atoms with E-state index < -0.39 is 5.97 Å². The Balaban J connectivity index is 1.67. The molecule has 0 fully saturated rings. The van der Waals surface area contributed by atoms with Crippen LogP contribution in [0.15, 0.2) is 36.9 Å². The van der Waals surface area contributed by atoms with Crippen molar-refractivity contribution in [2.45, 2.75) is 0 Å². The molecule has 0 aliphatic carbocycles. The molecule has 0 aliphatic heterocycles. The lowest BCUT2D eigenvalue weighted by molar-refractivity contribution is -0.139. The summed E-state index contributed by atoms with van der Waals surface area (Å²) in [6.45, 7) is 11.3. The molecule has 1 aromatic carbocycles. The maximum absolute atomic E-state index is 10.8. The Labute approximate surface area is 236 Å². The number of benzene rings is 1. The van der Waals surface area contributed by atoms with E-state index in [0.29, 0.717) is 124 Å². The van der Waals surface area contributed by atoms with Crippen LogP contribution in [0.1, 0.15) is 10.4 Å². The first kappa shape index (κ1) is 35.6. The number of hydrogen-bond acceptors (Lipinski definition) is 12. The third-order valence-electron chi connectivity index (χ3n) is 4.76. The van der Waals surface area contributed by atoms with Crippen molar-refractivity contribution in [3.63, 3.8) is 0 Å². The first-order valence-corrected chi connectivity index (χ1v) is 13.4. The van der Waals surface area contributed by atoms with Crippen molar-refractivity contribution in [1.82, 2.24) is 0 Å². The Kier molecular flexibility index (Phi) is 25.0. The molecular formula is C28H44O12. The van der Waals surface area contributed by atoms with Crippen LogP contribution in [0, 0.1) is 0 Å². The van der Waals surface area contributed by atoms with Crippen LogP contribution in [0.2, 0.25) is 0 Å². The zero-order chi connectivity index (χ0) is 28.8. The summed E-state index contributed by atoms with van der Waals surface area (Å²) >= 11 is 0. The molecule has 0 aromatic heterocycles. The lowest BCUT2D eigenvalue weighted by Gasteiger charge is -2.09. The highest BCUT2D eigenvalue weighted by Gasteiger charge is 1.98.